The molecule has 0 aliphatic heterocycles. The zero-order chi connectivity index (χ0) is 14.7. The number of carbonyl (C=O) groups is 1. The number of aromatic carboxylic acids is 1. The fourth-order valence-corrected chi connectivity index (χ4v) is 1.97. The van der Waals surface area contributed by atoms with Gasteiger partial charge in [0.1, 0.15) is 12.4 Å². The first-order valence-electron chi connectivity index (χ1n) is 5.36. The van der Waals surface area contributed by atoms with Crippen LogP contribution in [0.1, 0.15) is 16.3 Å². The van der Waals surface area contributed by atoms with Crippen LogP contribution in [0.3, 0.4) is 0 Å². The van der Waals surface area contributed by atoms with Crippen molar-refractivity contribution in [1.29, 1.82) is 0 Å². The molecule has 0 fully saturated rings. The van der Waals surface area contributed by atoms with Gasteiger partial charge in [0.25, 0.3) is 0 Å². The largest absolute Gasteiger partial charge is 0.478 e. The highest BCUT2D eigenvalue weighted by molar-refractivity contribution is 9.10. The number of ether oxygens (including phenoxy) is 1. The van der Waals surface area contributed by atoms with Gasteiger partial charge in [0.15, 0.2) is 0 Å². The summed E-state index contributed by atoms with van der Waals surface area (Å²) in [6.07, 6.45) is 0. The average Bonchev–Trinajstić information content (AvgIpc) is 2.86. The number of carboxylic acid groups (broad SMARTS) is 1. The monoisotopic (exact) mass is 341 g/mol. The van der Waals surface area contributed by atoms with Gasteiger partial charge in [-0.05, 0) is 34.1 Å². The quantitative estimate of drug-likeness (QED) is 0.661. The molecule has 0 saturated carbocycles. The molecule has 2 rings (SSSR count). The molecule has 1 heterocycles. The number of carboxylic acids is 1. The van der Waals surface area contributed by atoms with Gasteiger partial charge in [-0.1, -0.05) is 6.07 Å². The van der Waals surface area contributed by atoms with Crippen LogP contribution in [0.2, 0.25) is 0 Å². The third-order valence-electron chi connectivity index (χ3n) is 2.37. The molecule has 0 amide bonds. The molecule has 1 aromatic carbocycles. The van der Waals surface area contributed by atoms with Crippen molar-refractivity contribution >= 4 is 27.6 Å². The van der Waals surface area contributed by atoms with Crippen molar-refractivity contribution in [1.82, 2.24) is 0 Å². The number of rotatable bonds is 5. The molecule has 0 aliphatic carbocycles. The van der Waals surface area contributed by atoms with Crippen molar-refractivity contribution in [3.8, 4) is 5.75 Å². The number of nitro groups is 1. The third kappa shape index (κ3) is 2.97. The number of benzene rings is 1. The summed E-state index contributed by atoms with van der Waals surface area (Å²) in [4.78, 5) is 21.0. The van der Waals surface area contributed by atoms with Crippen LogP contribution >= 0.6 is 15.9 Å². The molecule has 0 aliphatic rings. The summed E-state index contributed by atoms with van der Waals surface area (Å²) in [6.45, 7) is -0.114. The molecule has 0 unspecified atom stereocenters. The molecule has 0 atom stereocenters. The van der Waals surface area contributed by atoms with Gasteiger partial charge in [-0.3, -0.25) is 10.1 Å². The summed E-state index contributed by atoms with van der Waals surface area (Å²) in [5.74, 6) is -1.09. The van der Waals surface area contributed by atoms with E-state index in [-0.39, 0.29) is 29.6 Å². The SMILES string of the molecule is O=C(O)c1ccc(COc2c(Br)cccc2[N+](=O)[O-])o1. The van der Waals surface area contributed by atoms with Crippen LogP contribution in [0, 0.1) is 10.1 Å². The molecule has 1 aromatic heterocycles. The maximum atomic E-state index is 10.9. The third-order valence-corrected chi connectivity index (χ3v) is 3.00. The van der Waals surface area contributed by atoms with E-state index in [1.165, 1.54) is 24.3 Å². The van der Waals surface area contributed by atoms with Crippen LogP contribution in [0.15, 0.2) is 39.2 Å². The minimum absolute atomic E-state index is 0.0609. The van der Waals surface area contributed by atoms with E-state index in [2.05, 4.69) is 15.9 Å². The molecule has 20 heavy (non-hydrogen) atoms. The Labute approximate surface area is 121 Å². The van der Waals surface area contributed by atoms with Crippen molar-refractivity contribution in [2.45, 2.75) is 6.61 Å². The zero-order valence-electron chi connectivity index (χ0n) is 9.91. The number of furan rings is 1. The Morgan fingerprint density at radius 1 is 1.40 bits per heavy atom. The summed E-state index contributed by atoms with van der Waals surface area (Å²) in [5.41, 5.74) is -0.190. The van der Waals surface area contributed by atoms with Crippen molar-refractivity contribution in [2.75, 3.05) is 0 Å². The van der Waals surface area contributed by atoms with Crippen LogP contribution in [-0.2, 0) is 6.61 Å². The molecule has 1 N–H and O–H groups in total. The second-order valence-corrected chi connectivity index (χ2v) is 4.56. The molecule has 0 radical (unpaired) electrons. The summed E-state index contributed by atoms with van der Waals surface area (Å²) >= 11 is 3.16. The van der Waals surface area contributed by atoms with Crippen molar-refractivity contribution in [3.05, 3.63) is 56.4 Å². The molecule has 0 saturated heterocycles. The smallest absolute Gasteiger partial charge is 0.371 e. The standard InChI is InChI=1S/C12H8BrNO6/c13-8-2-1-3-9(14(17)18)11(8)19-6-7-4-5-10(20-7)12(15)16/h1-5H,6H2,(H,15,16). The number of para-hydroxylation sites is 1. The zero-order valence-corrected chi connectivity index (χ0v) is 11.5. The van der Waals surface area contributed by atoms with Gasteiger partial charge < -0.3 is 14.3 Å². The van der Waals surface area contributed by atoms with Gasteiger partial charge in [-0.2, -0.15) is 0 Å². The van der Waals surface area contributed by atoms with E-state index in [1.807, 2.05) is 0 Å². The van der Waals surface area contributed by atoms with Crippen LogP contribution in [0.4, 0.5) is 5.69 Å². The predicted octanol–water partition coefficient (Wildman–Crippen LogP) is 3.23. The van der Waals surface area contributed by atoms with Crippen LogP contribution in [0.25, 0.3) is 0 Å². The van der Waals surface area contributed by atoms with Gasteiger partial charge in [-0.25, -0.2) is 4.79 Å². The second-order valence-electron chi connectivity index (χ2n) is 3.70. The van der Waals surface area contributed by atoms with Crippen LogP contribution in [-0.4, -0.2) is 16.0 Å². The van der Waals surface area contributed by atoms with E-state index in [1.54, 1.807) is 6.07 Å². The minimum atomic E-state index is -1.19. The van der Waals surface area contributed by atoms with Crippen molar-refractivity contribution in [2.24, 2.45) is 0 Å². The first-order chi connectivity index (χ1) is 9.49. The first-order valence-corrected chi connectivity index (χ1v) is 6.16. The molecule has 0 bridgehead atoms. The lowest BCUT2D eigenvalue weighted by molar-refractivity contribution is -0.386. The van der Waals surface area contributed by atoms with E-state index in [9.17, 15) is 14.9 Å². The molecule has 2 aromatic rings. The fraction of sp³-hybridized carbons (Fsp3) is 0.0833. The predicted molar refractivity (Wildman–Crippen MR) is 70.8 cm³/mol. The van der Waals surface area contributed by atoms with Gasteiger partial charge in [0.05, 0.1) is 9.40 Å². The highest BCUT2D eigenvalue weighted by Gasteiger charge is 2.18. The number of nitro benzene ring substituents is 1. The summed E-state index contributed by atoms with van der Waals surface area (Å²) in [6, 6.07) is 7.16. The molecule has 7 nitrogen and oxygen atoms in total. The normalized spacial score (nSPS) is 10.2. The number of halogens is 1. The lowest BCUT2D eigenvalue weighted by Crippen LogP contribution is -1.99. The molecule has 0 spiro atoms. The van der Waals surface area contributed by atoms with Crippen molar-refractivity contribution < 1.29 is 24.0 Å². The maximum absolute atomic E-state index is 10.9. The Hall–Kier alpha value is -2.35. The summed E-state index contributed by atoms with van der Waals surface area (Å²) in [5, 5.41) is 19.6. The second kappa shape index (κ2) is 5.74. The van der Waals surface area contributed by atoms with E-state index in [0.29, 0.717) is 4.47 Å². The Morgan fingerprint density at radius 3 is 2.75 bits per heavy atom. The number of nitrogens with zero attached hydrogens (tertiary/aromatic N) is 1. The highest BCUT2D eigenvalue weighted by Crippen LogP contribution is 2.35. The Morgan fingerprint density at radius 2 is 2.15 bits per heavy atom. The fourth-order valence-electron chi connectivity index (χ4n) is 1.50. The Bertz CT molecular complexity index is 666. The molecular weight excluding hydrogens is 334 g/mol. The van der Waals surface area contributed by atoms with Gasteiger partial charge in [0.2, 0.25) is 11.5 Å². The highest BCUT2D eigenvalue weighted by atomic mass is 79.9. The summed E-state index contributed by atoms with van der Waals surface area (Å²) < 4.78 is 10.8. The summed E-state index contributed by atoms with van der Waals surface area (Å²) in [7, 11) is 0. The van der Waals surface area contributed by atoms with E-state index in [4.69, 9.17) is 14.3 Å². The average molecular weight is 342 g/mol. The Balaban J connectivity index is 2.18. The van der Waals surface area contributed by atoms with Crippen molar-refractivity contribution in [3.63, 3.8) is 0 Å². The van der Waals surface area contributed by atoms with E-state index >= 15 is 0 Å². The van der Waals surface area contributed by atoms with Gasteiger partial charge in [0, 0.05) is 6.07 Å². The molecular formula is C12H8BrNO6. The number of hydrogen-bond donors (Lipinski definition) is 1. The lowest BCUT2D eigenvalue weighted by atomic mass is 10.3. The van der Waals surface area contributed by atoms with E-state index < -0.39 is 10.9 Å². The first kappa shape index (κ1) is 14.1. The van der Waals surface area contributed by atoms with Crippen LogP contribution in [0.5, 0.6) is 5.75 Å². The topological polar surface area (TPSA) is 103 Å². The van der Waals surface area contributed by atoms with Crippen LogP contribution < -0.4 is 4.74 Å². The van der Waals surface area contributed by atoms with E-state index in [0.717, 1.165) is 0 Å². The number of hydrogen-bond acceptors (Lipinski definition) is 5. The van der Waals surface area contributed by atoms with Gasteiger partial charge in [-0.15, -0.1) is 0 Å². The maximum Gasteiger partial charge on any atom is 0.371 e. The lowest BCUT2D eigenvalue weighted by Gasteiger charge is -2.06. The minimum Gasteiger partial charge on any atom is -0.478 e. The van der Waals surface area contributed by atoms with Gasteiger partial charge >= 0.3 is 11.7 Å². The Kier molecular flexibility index (Phi) is 4.04. The molecule has 104 valence electrons. The molecule has 8 heteroatoms.